The molecular formula is C8H6Cl2OS. The number of hydrogen-bond acceptors (Lipinski definition) is 2. The summed E-state index contributed by atoms with van der Waals surface area (Å²) in [7, 11) is 0. The second-order valence-electron chi connectivity index (χ2n) is 2.13. The molecule has 1 aromatic rings. The maximum absolute atomic E-state index is 10.5. The van der Waals surface area contributed by atoms with E-state index in [2.05, 4.69) is 0 Å². The summed E-state index contributed by atoms with van der Waals surface area (Å²) in [4.78, 5) is 11.3. The molecule has 0 fully saturated rings. The van der Waals surface area contributed by atoms with Crippen molar-refractivity contribution in [3.05, 3.63) is 27.7 Å². The molecule has 12 heavy (non-hydrogen) atoms. The van der Waals surface area contributed by atoms with Crippen LogP contribution in [0.25, 0.3) is 0 Å². The van der Waals surface area contributed by atoms with Gasteiger partial charge in [0.05, 0.1) is 10.0 Å². The average molecular weight is 221 g/mol. The summed E-state index contributed by atoms with van der Waals surface area (Å²) in [6.07, 6.45) is 2.61. The van der Waals surface area contributed by atoms with Gasteiger partial charge >= 0.3 is 0 Å². The van der Waals surface area contributed by atoms with Gasteiger partial charge in [0.2, 0.25) is 0 Å². The van der Waals surface area contributed by atoms with Crippen molar-refractivity contribution in [2.24, 2.45) is 0 Å². The smallest absolute Gasteiger partial charge is 0.151 e. The van der Waals surface area contributed by atoms with E-state index in [1.165, 1.54) is 11.8 Å². The third kappa shape index (κ3) is 1.94. The first-order chi connectivity index (χ1) is 5.69. The van der Waals surface area contributed by atoms with E-state index in [0.717, 1.165) is 11.2 Å². The number of benzene rings is 1. The van der Waals surface area contributed by atoms with Crippen molar-refractivity contribution in [1.29, 1.82) is 0 Å². The Morgan fingerprint density at radius 1 is 1.33 bits per heavy atom. The Labute approximate surface area is 85.1 Å². The van der Waals surface area contributed by atoms with E-state index >= 15 is 0 Å². The van der Waals surface area contributed by atoms with E-state index in [1.54, 1.807) is 12.1 Å². The predicted octanol–water partition coefficient (Wildman–Crippen LogP) is 3.53. The van der Waals surface area contributed by atoms with Crippen molar-refractivity contribution >= 4 is 41.2 Å². The highest BCUT2D eigenvalue weighted by molar-refractivity contribution is 7.98. The summed E-state index contributed by atoms with van der Waals surface area (Å²) in [5.41, 5.74) is 0.477. The van der Waals surface area contributed by atoms with Gasteiger partial charge in [0.15, 0.2) is 6.29 Å². The van der Waals surface area contributed by atoms with Gasteiger partial charge < -0.3 is 0 Å². The Morgan fingerprint density at radius 3 is 2.50 bits per heavy atom. The van der Waals surface area contributed by atoms with Gasteiger partial charge in [-0.15, -0.1) is 11.8 Å². The van der Waals surface area contributed by atoms with Crippen LogP contribution in [0.2, 0.25) is 10.0 Å². The average Bonchev–Trinajstić information content (AvgIpc) is 2.05. The minimum Gasteiger partial charge on any atom is -0.298 e. The van der Waals surface area contributed by atoms with Gasteiger partial charge in [-0.25, -0.2) is 0 Å². The number of thioether (sulfide) groups is 1. The fourth-order valence-electron chi connectivity index (χ4n) is 0.792. The lowest BCUT2D eigenvalue weighted by Gasteiger charge is -2.02. The summed E-state index contributed by atoms with van der Waals surface area (Å²) >= 11 is 13.1. The molecule has 0 saturated heterocycles. The van der Waals surface area contributed by atoms with Crippen molar-refractivity contribution in [1.82, 2.24) is 0 Å². The zero-order valence-corrected chi connectivity index (χ0v) is 8.63. The predicted molar refractivity (Wildman–Crippen MR) is 53.6 cm³/mol. The maximum atomic E-state index is 10.5. The van der Waals surface area contributed by atoms with Crippen molar-refractivity contribution in [3.8, 4) is 0 Å². The highest BCUT2D eigenvalue weighted by atomic mass is 35.5. The number of rotatable bonds is 2. The number of carbonyl (C=O) groups is 1. The lowest BCUT2D eigenvalue weighted by molar-refractivity contribution is 0.112. The molecule has 0 spiro atoms. The first-order valence-electron chi connectivity index (χ1n) is 3.17. The summed E-state index contributed by atoms with van der Waals surface area (Å²) in [5.74, 6) is 0. The summed E-state index contributed by atoms with van der Waals surface area (Å²) in [6, 6.07) is 3.26. The molecule has 0 aliphatic rings. The van der Waals surface area contributed by atoms with Crippen LogP contribution in [0.3, 0.4) is 0 Å². The zero-order valence-electron chi connectivity index (χ0n) is 6.30. The SMILES string of the molecule is CSc1cc(C=O)c(Cl)cc1Cl. The fraction of sp³-hybridized carbons (Fsp3) is 0.125. The fourth-order valence-corrected chi connectivity index (χ4v) is 1.95. The lowest BCUT2D eigenvalue weighted by atomic mass is 10.2. The van der Waals surface area contributed by atoms with Crippen molar-refractivity contribution in [3.63, 3.8) is 0 Å². The quantitative estimate of drug-likeness (QED) is 0.561. The molecule has 0 aliphatic heterocycles. The Morgan fingerprint density at radius 2 is 2.00 bits per heavy atom. The van der Waals surface area contributed by atoms with Crippen LogP contribution in [-0.4, -0.2) is 12.5 Å². The molecule has 0 heterocycles. The largest absolute Gasteiger partial charge is 0.298 e. The van der Waals surface area contributed by atoms with Gasteiger partial charge in [-0.05, 0) is 18.4 Å². The molecule has 0 atom stereocenters. The Bertz CT molecular complexity index is 312. The lowest BCUT2D eigenvalue weighted by Crippen LogP contribution is -1.83. The standard InChI is InChI=1S/C8H6Cl2OS/c1-12-8-2-5(4-11)6(9)3-7(8)10/h2-4H,1H3. The molecule has 0 radical (unpaired) electrons. The Hall–Kier alpha value is -0.180. The van der Waals surface area contributed by atoms with E-state index in [9.17, 15) is 4.79 Å². The third-order valence-corrected chi connectivity index (χ3v) is 2.93. The molecule has 0 bridgehead atoms. The number of halogens is 2. The van der Waals surface area contributed by atoms with E-state index in [-0.39, 0.29) is 0 Å². The Kier molecular flexibility index (Phi) is 3.44. The summed E-state index contributed by atoms with van der Waals surface area (Å²) < 4.78 is 0. The molecule has 1 nitrogen and oxygen atoms in total. The Balaban J connectivity index is 3.26. The zero-order chi connectivity index (χ0) is 9.14. The number of hydrogen-bond donors (Lipinski definition) is 0. The van der Waals surface area contributed by atoms with Crippen LogP contribution in [-0.2, 0) is 0 Å². The van der Waals surface area contributed by atoms with E-state index in [0.29, 0.717) is 15.6 Å². The molecular weight excluding hydrogens is 215 g/mol. The van der Waals surface area contributed by atoms with Crippen LogP contribution in [0.15, 0.2) is 17.0 Å². The number of carbonyl (C=O) groups excluding carboxylic acids is 1. The van der Waals surface area contributed by atoms with E-state index < -0.39 is 0 Å². The molecule has 0 aliphatic carbocycles. The molecule has 0 N–H and O–H groups in total. The molecule has 0 aromatic heterocycles. The number of aldehydes is 1. The van der Waals surface area contributed by atoms with Crippen molar-refractivity contribution in [2.75, 3.05) is 6.26 Å². The van der Waals surface area contributed by atoms with Crippen LogP contribution < -0.4 is 0 Å². The van der Waals surface area contributed by atoms with Crippen LogP contribution in [0, 0.1) is 0 Å². The molecule has 0 saturated carbocycles. The minimum atomic E-state index is 0.396. The second-order valence-corrected chi connectivity index (χ2v) is 3.79. The van der Waals surface area contributed by atoms with Gasteiger partial charge in [-0.2, -0.15) is 0 Å². The molecule has 0 amide bonds. The van der Waals surface area contributed by atoms with Crippen molar-refractivity contribution in [2.45, 2.75) is 4.90 Å². The highest BCUT2D eigenvalue weighted by Gasteiger charge is 2.05. The van der Waals surface area contributed by atoms with Crippen LogP contribution in [0.1, 0.15) is 10.4 Å². The van der Waals surface area contributed by atoms with Crippen LogP contribution in [0.5, 0.6) is 0 Å². The minimum absolute atomic E-state index is 0.396. The monoisotopic (exact) mass is 220 g/mol. The van der Waals surface area contributed by atoms with E-state index in [4.69, 9.17) is 23.2 Å². The van der Waals surface area contributed by atoms with Crippen LogP contribution in [0.4, 0.5) is 0 Å². The summed E-state index contributed by atoms with van der Waals surface area (Å²) in [5, 5.41) is 0.978. The van der Waals surface area contributed by atoms with Gasteiger partial charge in [0, 0.05) is 10.5 Å². The van der Waals surface area contributed by atoms with Crippen molar-refractivity contribution < 1.29 is 4.79 Å². The maximum Gasteiger partial charge on any atom is 0.151 e. The molecule has 4 heteroatoms. The highest BCUT2D eigenvalue weighted by Crippen LogP contribution is 2.30. The van der Waals surface area contributed by atoms with Crippen LogP contribution >= 0.6 is 35.0 Å². The third-order valence-electron chi connectivity index (χ3n) is 1.40. The molecule has 1 rings (SSSR count). The molecule has 64 valence electrons. The van der Waals surface area contributed by atoms with E-state index in [1.807, 2.05) is 6.26 Å². The first-order valence-corrected chi connectivity index (χ1v) is 5.15. The summed E-state index contributed by atoms with van der Waals surface area (Å²) in [6.45, 7) is 0. The molecule has 1 aromatic carbocycles. The topological polar surface area (TPSA) is 17.1 Å². The molecule has 0 unspecified atom stereocenters. The van der Waals surface area contributed by atoms with Gasteiger partial charge in [-0.1, -0.05) is 23.2 Å². The van der Waals surface area contributed by atoms with Gasteiger partial charge in [0.25, 0.3) is 0 Å². The van der Waals surface area contributed by atoms with Gasteiger partial charge in [-0.3, -0.25) is 4.79 Å². The second kappa shape index (κ2) is 4.17. The normalized spacial score (nSPS) is 9.92. The first kappa shape index (κ1) is 9.90. The van der Waals surface area contributed by atoms with Gasteiger partial charge in [0.1, 0.15) is 0 Å².